The van der Waals surface area contributed by atoms with Crippen LogP contribution in [0.2, 0.25) is 0 Å². The molecular formula is C20H38IN5O2. The molecule has 162 valence electrons. The van der Waals surface area contributed by atoms with Gasteiger partial charge >= 0.3 is 0 Å². The molecule has 0 aromatic carbocycles. The molecule has 0 radical (unpaired) electrons. The van der Waals surface area contributed by atoms with Gasteiger partial charge in [-0.15, -0.1) is 24.0 Å². The molecule has 2 aliphatic heterocycles. The van der Waals surface area contributed by atoms with Crippen LogP contribution in [-0.2, 0) is 9.53 Å². The molecule has 1 saturated carbocycles. The van der Waals surface area contributed by atoms with Gasteiger partial charge in [-0.05, 0) is 38.6 Å². The van der Waals surface area contributed by atoms with Crippen LogP contribution in [-0.4, -0.2) is 87.2 Å². The van der Waals surface area contributed by atoms with Gasteiger partial charge in [0.25, 0.3) is 0 Å². The Morgan fingerprint density at radius 2 is 1.93 bits per heavy atom. The third-order valence-electron chi connectivity index (χ3n) is 6.36. The molecule has 3 rings (SSSR count). The summed E-state index contributed by atoms with van der Waals surface area (Å²) in [6, 6.07) is 0.845. The van der Waals surface area contributed by atoms with E-state index >= 15 is 0 Å². The van der Waals surface area contributed by atoms with Crippen molar-refractivity contribution in [2.24, 2.45) is 10.9 Å². The minimum absolute atomic E-state index is 0. The maximum atomic E-state index is 12.6. The van der Waals surface area contributed by atoms with Crippen LogP contribution in [0.5, 0.6) is 0 Å². The summed E-state index contributed by atoms with van der Waals surface area (Å²) in [6.07, 6.45) is 8.07. The molecule has 0 bridgehead atoms. The van der Waals surface area contributed by atoms with Gasteiger partial charge in [-0.2, -0.15) is 0 Å². The van der Waals surface area contributed by atoms with Crippen LogP contribution in [0.25, 0.3) is 0 Å². The van der Waals surface area contributed by atoms with Gasteiger partial charge in [-0.3, -0.25) is 14.7 Å². The molecule has 1 amide bonds. The number of guanidine groups is 1. The summed E-state index contributed by atoms with van der Waals surface area (Å²) < 4.78 is 5.22. The highest BCUT2D eigenvalue weighted by Crippen LogP contribution is 2.27. The van der Waals surface area contributed by atoms with Crippen LogP contribution in [0.3, 0.4) is 0 Å². The van der Waals surface area contributed by atoms with Crippen LogP contribution in [0, 0.1) is 5.92 Å². The average molecular weight is 507 g/mol. The molecule has 7 nitrogen and oxygen atoms in total. The van der Waals surface area contributed by atoms with E-state index in [1.165, 1.54) is 25.7 Å². The van der Waals surface area contributed by atoms with Crippen LogP contribution in [0.15, 0.2) is 4.99 Å². The smallest absolute Gasteiger partial charge is 0.225 e. The van der Waals surface area contributed by atoms with Crippen molar-refractivity contribution in [3.05, 3.63) is 0 Å². The number of hydrogen-bond donors (Lipinski definition) is 2. The quantitative estimate of drug-likeness (QED) is 0.312. The normalized spacial score (nSPS) is 26.5. The summed E-state index contributed by atoms with van der Waals surface area (Å²) in [5.41, 5.74) is 0. The zero-order valence-electron chi connectivity index (χ0n) is 17.5. The fourth-order valence-electron chi connectivity index (χ4n) is 4.74. The topological polar surface area (TPSA) is 69.2 Å². The number of likely N-dealkylation sites (tertiary alicyclic amines) is 2. The number of nitrogens with zero attached hydrogens (tertiary/aromatic N) is 3. The molecule has 0 aromatic rings. The molecular weight excluding hydrogens is 469 g/mol. The largest absolute Gasteiger partial charge is 0.383 e. The summed E-state index contributed by atoms with van der Waals surface area (Å²) in [6.45, 7) is 5.52. The van der Waals surface area contributed by atoms with E-state index in [-0.39, 0.29) is 29.9 Å². The van der Waals surface area contributed by atoms with Crippen molar-refractivity contribution in [1.29, 1.82) is 0 Å². The number of ether oxygens (including phenoxy) is 1. The molecule has 0 spiro atoms. The van der Waals surface area contributed by atoms with E-state index in [1.54, 1.807) is 7.11 Å². The molecule has 28 heavy (non-hydrogen) atoms. The van der Waals surface area contributed by atoms with Crippen LogP contribution >= 0.6 is 24.0 Å². The first-order chi connectivity index (χ1) is 13.2. The second-order valence-corrected chi connectivity index (χ2v) is 8.17. The SMILES string of the molecule is CN=C(NCC1CCCN1CCOC)NC1CCN(C(=O)C2CCCC2)C1.I. The number of methoxy groups -OCH3 is 1. The van der Waals surface area contributed by atoms with E-state index < -0.39 is 0 Å². The number of carbonyl (C=O) groups is 1. The van der Waals surface area contributed by atoms with Crippen molar-refractivity contribution >= 4 is 35.8 Å². The highest BCUT2D eigenvalue weighted by molar-refractivity contribution is 14.0. The molecule has 2 N–H and O–H groups in total. The van der Waals surface area contributed by atoms with Crippen LogP contribution in [0.1, 0.15) is 44.9 Å². The van der Waals surface area contributed by atoms with E-state index in [0.717, 1.165) is 64.6 Å². The highest BCUT2D eigenvalue weighted by atomic mass is 127. The summed E-state index contributed by atoms with van der Waals surface area (Å²) >= 11 is 0. The second kappa shape index (κ2) is 12.2. The van der Waals surface area contributed by atoms with Crippen molar-refractivity contribution in [3.63, 3.8) is 0 Å². The van der Waals surface area contributed by atoms with Gasteiger partial charge < -0.3 is 20.3 Å². The number of hydrogen-bond acceptors (Lipinski definition) is 4. The van der Waals surface area contributed by atoms with Gasteiger partial charge in [0, 0.05) is 58.3 Å². The first kappa shape index (κ1) is 23.7. The van der Waals surface area contributed by atoms with Gasteiger partial charge in [0.15, 0.2) is 5.96 Å². The molecule has 1 aliphatic carbocycles. The number of halogens is 1. The lowest BCUT2D eigenvalue weighted by Crippen LogP contribution is -2.49. The lowest BCUT2D eigenvalue weighted by molar-refractivity contribution is -0.134. The lowest BCUT2D eigenvalue weighted by atomic mass is 10.1. The maximum Gasteiger partial charge on any atom is 0.225 e. The van der Waals surface area contributed by atoms with Gasteiger partial charge in [-0.1, -0.05) is 12.8 Å². The molecule has 3 aliphatic rings. The molecule has 2 atom stereocenters. The predicted octanol–water partition coefficient (Wildman–Crippen LogP) is 1.67. The first-order valence-electron chi connectivity index (χ1n) is 10.7. The van der Waals surface area contributed by atoms with Crippen molar-refractivity contribution in [1.82, 2.24) is 20.4 Å². The Kier molecular flexibility index (Phi) is 10.3. The number of aliphatic imine (C=N–C) groups is 1. The Morgan fingerprint density at radius 3 is 2.64 bits per heavy atom. The summed E-state index contributed by atoms with van der Waals surface area (Å²) in [5.74, 6) is 1.51. The first-order valence-corrected chi connectivity index (χ1v) is 10.7. The van der Waals surface area contributed by atoms with Crippen LogP contribution in [0.4, 0.5) is 0 Å². The van der Waals surface area contributed by atoms with Crippen molar-refractivity contribution in [2.45, 2.75) is 57.0 Å². The number of rotatable bonds is 7. The van der Waals surface area contributed by atoms with Crippen LogP contribution < -0.4 is 10.6 Å². The van der Waals surface area contributed by atoms with E-state index in [0.29, 0.717) is 18.0 Å². The highest BCUT2D eigenvalue weighted by Gasteiger charge is 2.32. The Morgan fingerprint density at radius 1 is 1.14 bits per heavy atom. The minimum atomic E-state index is 0. The summed E-state index contributed by atoms with van der Waals surface area (Å²) in [4.78, 5) is 21.6. The van der Waals surface area contributed by atoms with Crippen molar-refractivity contribution in [3.8, 4) is 0 Å². The number of carbonyl (C=O) groups excluding carboxylic acids is 1. The minimum Gasteiger partial charge on any atom is -0.383 e. The molecule has 2 unspecified atom stereocenters. The zero-order valence-corrected chi connectivity index (χ0v) is 19.8. The van der Waals surface area contributed by atoms with Crippen molar-refractivity contribution < 1.29 is 9.53 Å². The third kappa shape index (κ3) is 6.45. The van der Waals surface area contributed by atoms with E-state index in [9.17, 15) is 4.79 Å². The number of nitrogens with one attached hydrogen (secondary N) is 2. The van der Waals surface area contributed by atoms with Crippen molar-refractivity contribution in [2.75, 3.05) is 53.5 Å². The Hall–Kier alpha value is -0.610. The van der Waals surface area contributed by atoms with E-state index in [2.05, 4.69) is 25.4 Å². The molecule has 2 saturated heterocycles. The van der Waals surface area contributed by atoms with Gasteiger partial charge in [0.1, 0.15) is 0 Å². The zero-order chi connectivity index (χ0) is 19.1. The third-order valence-corrected chi connectivity index (χ3v) is 6.36. The van der Waals surface area contributed by atoms with E-state index in [1.807, 2.05) is 7.05 Å². The van der Waals surface area contributed by atoms with Gasteiger partial charge in [0.05, 0.1) is 6.61 Å². The standard InChI is InChI=1S/C20H37N5O2.HI/c1-21-20(22-14-18-8-5-10-24(18)12-13-27-2)23-17-9-11-25(15-17)19(26)16-6-3-4-7-16;/h16-18H,3-15H2,1-2H3,(H2,21,22,23);1H. The lowest BCUT2D eigenvalue weighted by Gasteiger charge is -2.26. The van der Waals surface area contributed by atoms with Gasteiger partial charge in [0.2, 0.25) is 5.91 Å². The Labute approximate surface area is 187 Å². The fraction of sp³-hybridized carbons (Fsp3) is 0.900. The molecule has 0 aromatic heterocycles. The fourth-order valence-corrected chi connectivity index (χ4v) is 4.74. The Bertz CT molecular complexity index is 513. The molecule has 3 fully saturated rings. The molecule has 2 heterocycles. The Balaban J connectivity index is 0.00000280. The monoisotopic (exact) mass is 507 g/mol. The molecule has 8 heteroatoms. The second-order valence-electron chi connectivity index (χ2n) is 8.17. The summed E-state index contributed by atoms with van der Waals surface area (Å²) in [5, 5.41) is 7.02. The number of amides is 1. The maximum absolute atomic E-state index is 12.6. The van der Waals surface area contributed by atoms with E-state index in [4.69, 9.17) is 4.74 Å². The van der Waals surface area contributed by atoms with Gasteiger partial charge in [-0.25, -0.2) is 0 Å². The predicted molar refractivity (Wildman–Crippen MR) is 123 cm³/mol. The average Bonchev–Trinajstić information content (AvgIpc) is 3.44. The summed E-state index contributed by atoms with van der Waals surface area (Å²) in [7, 11) is 3.58.